The van der Waals surface area contributed by atoms with Gasteiger partial charge in [0.2, 0.25) is 0 Å². The van der Waals surface area contributed by atoms with E-state index in [1.807, 2.05) is 25.1 Å². The van der Waals surface area contributed by atoms with Crippen LogP contribution in [0.25, 0.3) is 5.65 Å². The van der Waals surface area contributed by atoms with Crippen molar-refractivity contribution in [2.45, 2.75) is 26.7 Å². The van der Waals surface area contributed by atoms with E-state index in [2.05, 4.69) is 22.2 Å². The Morgan fingerprint density at radius 3 is 2.91 bits per heavy atom. The lowest BCUT2D eigenvalue weighted by molar-refractivity contribution is 0.102. The van der Waals surface area contributed by atoms with Crippen LogP contribution in [0.15, 0.2) is 36.7 Å². The van der Waals surface area contributed by atoms with Crippen LogP contribution in [-0.4, -0.2) is 20.3 Å². The number of hydrogen-bond donors (Lipinski definition) is 1. The van der Waals surface area contributed by atoms with Gasteiger partial charge in [0.15, 0.2) is 0 Å². The molecule has 23 heavy (non-hydrogen) atoms. The molecule has 0 bridgehead atoms. The van der Waals surface area contributed by atoms with E-state index in [4.69, 9.17) is 11.6 Å². The van der Waals surface area contributed by atoms with Crippen molar-refractivity contribution >= 4 is 29.0 Å². The lowest BCUT2D eigenvalue weighted by atomic mass is 10.2. The zero-order chi connectivity index (χ0) is 16.4. The number of rotatable bonds is 4. The summed E-state index contributed by atoms with van der Waals surface area (Å²) in [5.74, 6) is 0.321. The maximum atomic E-state index is 12.8. The summed E-state index contributed by atoms with van der Waals surface area (Å²) < 4.78 is 1.74. The van der Waals surface area contributed by atoms with Gasteiger partial charge in [-0.2, -0.15) is 0 Å². The van der Waals surface area contributed by atoms with E-state index < -0.39 is 0 Å². The second-order valence-corrected chi connectivity index (χ2v) is 5.79. The number of carbonyl (C=O) groups excluding carboxylic acids is 1. The topological polar surface area (TPSA) is 59.3 Å². The second-order valence-electron chi connectivity index (χ2n) is 5.36. The molecule has 0 spiro atoms. The van der Waals surface area contributed by atoms with E-state index in [1.54, 1.807) is 22.9 Å². The van der Waals surface area contributed by atoms with Gasteiger partial charge in [-0.25, -0.2) is 9.97 Å². The average molecular weight is 329 g/mol. The average Bonchev–Trinajstić information content (AvgIpc) is 2.87. The summed E-state index contributed by atoms with van der Waals surface area (Å²) in [6.07, 6.45) is 4.99. The van der Waals surface area contributed by atoms with Crippen molar-refractivity contribution in [3.8, 4) is 0 Å². The summed E-state index contributed by atoms with van der Waals surface area (Å²) in [6, 6.07) is 7.32. The van der Waals surface area contributed by atoms with Crippen LogP contribution in [0.1, 0.15) is 35.1 Å². The van der Waals surface area contributed by atoms with Crippen molar-refractivity contribution in [1.29, 1.82) is 0 Å². The third-order valence-electron chi connectivity index (χ3n) is 3.60. The van der Waals surface area contributed by atoms with Crippen molar-refractivity contribution in [2.75, 3.05) is 5.32 Å². The highest BCUT2D eigenvalue weighted by molar-refractivity contribution is 6.30. The molecule has 6 heteroatoms. The van der Waals surface area contributed by atoms with Gasteiger partial charge in [0.1, 0.15) is 17.2 Å². The molecular weight excluding hydrogens is 312 g/mol. The number of amides is 1. The third kappa shape index (κ3) is 3.05. The fourth-order valence-electron chi connectivity index (χ4n) is 2.50. The molecule has 0 aromatic carbocycles. The maximum Gasteiger partial charge on any atom is 0.275 e. The SMILES string of the molecule is CCCc1nc2ccc(Cl)cn2c1C(=O)Nc1ncccc1C. The highest BCUT2D eigenvalue weighted by atomic mass is 35.5. The zero-order valence-electron chi connectivity index (χ0n) is 13.0. The number of nitrogens with zero attached hydrogens (tertiary/aromatic N) is 3. The molecular formula is C17H17ClN4O. The standard InChI is InChI=1S/C17H17ClN4O/c1-3-5-13-15(22-10-12(18)7-8-14(22)20-13)17(23)21-16-11(2)6-4-9-19-16/h4,6-10H,3,5H2,1-2H3,(H,19,21,23). The molecule has 0 unspecified atom stereocenters. The summed E-state index contributed by atoms with van der Waals surface area (Å²) in [5.41, 5.74) is 2.89. The molecule has 0 radical (unpaired) electrons. The normalized spacial score (nSPS) is 10.9. The van der Waals surface area contributed by atoms with Crippen LogP contribution in [0.5, 0.6) is 0 Å². The highest BCUT2D eigenvalue weighted by Crippen LogP contribution is 2.20. The molecule has 3 aromatic heterocycles. The molecule has 3 aromatic rings. The lowest BCUT2D eigenvalue weighted by Gasteiger charge is -2.08. The molecule has 3 heterocycles. The van der Waals surface area contributed by atoms with Gasteiger partial charge >= 0.3 is 0 Å². The largest absolute Gasteiger partial charge is 0.305 e. The van der Waals surface area contributed by atoms with Gasteiger partial charge in [-0.3, -0.25) is 9.20 Å². The number of imidazole rings is 1. The van der Waals surface area contributed by atoms with Gasteiger partial charge in [-0.05, 0) is 37.1 Å². The summed E-state index contributed by atoms with van der Waals surface area (Å²) in [7, 11) is 0. The van der Waals surface area contributed by atoms with Crippen LogP contribution >= 0.6 is 11.6 Å². The number of hydrogen-bond acceptors (Lipinski definition) is 3. The van der Waals surface area contributed by atoms with Gasteiger partial charge < -0.3 is 5.32 Å². The molecule has 5 nitrogen and oxygen atoms in total. The van der Waals surface area contributed by atoms with Crippen LogP contribution in [0.3, 0.4) is 0 Å². The minimum atomic E-state index is -0.231. The smallest absolute Gasteiger partial charge is 0.275 e. The van der Waals surface area contributed by atoms with Crippen LogP contribution < -0.4 is 5.32 Å². The van der Waals surface area contributed by atoms with E-state index in [0.29, 0.717) is 22.2 Å². The van der Waals surface area contributed by atoms with Gasteiger partial charge in [0.25, 0.3) is 5.91 Å². The summed E-state index contributed by atoms with van der Waals surface area (Å²) >= 11 is 6.07. The van der Waals surface area contributed by atoms with Gasteiger partial charge in [-0.1, -0.05) is 31.0 Å². The number of fused-ring (bicyclic) bond motifs is 1. The molecule has 1 amide bonds. The lowest BCUT2D eigenvalue weighted by Crippen LogP contribution is -2.17. The Hall–Kier alpha value is -2.40. The van der Waals surface area contributed by atoms with E-state index in [9.17, 15) is 4.79 Å². The first kappa shape index (κ1) is 15.5. The number of carbonyl (C=O) groups is 1. The van der Waals surface area contributed by atoms with Crippen molar-refractivity contribution in [1.82, 2.24) is 14.4 Å². The van der Waals surface area contributed by atoms with E-state index in [1.165, 1.54) is 0 Å². The van der Waals surface area contributed by atoms with E-state index in [0.717, 1.165) is 24.1 Å². The first-order valence-electron chi connectivity index (χ1n) is 7.49. The quantitative estimate of drug-likeness (QED) is 0.790. The van der Waals surface area contributed by atoms with E-state index >= 15 is 0 Å². The first-order chi connectivity index (χ1) is 11.1. The predicted molar refractivity (Wildman–Crippen MR) is 91.1 cm³/mol. The number of aromatic nitrogens is 3. The number of pyridine rings is 2. The Morgan fingerprint density at radius 1 is 1.35 bits per heavy atom. The van der Waals surface area contributed by atoms with Crippen LogP contribution in [0.2, 0.25) is 5.02 Å². The minimum absolute atomic E-state index is 0.231. The minimum Gasteiger partial charge on any atom is -0.305 e. The predicted octanol–water partition coefficient (Wildman–Crippen LogP) is 3.90. The van der Waals surface area contributed by atoms with Crippen LogP contribution in [0.4, 0.5) is 5.82 Å². The number of anilines is 1. The van der Waals surface area contributed by atoms with Crippen LogP contribution in [-0.2, 0) is 6.42 Å². The molecule has 0 saturated heterocycles. The molecule has 0 aliphatic heterocycles. The number of aryl methyl sites for hydroxylation is 2. The molecule has 0 aliphatic rings. The first-order valence-corrected chi connectivity index (χ1v) is 7.87. The fourth-order valence-corrected chi connectivity index (χ4v) is 2.66. The van der Waals surface area contributed by atoms with Crippen molar-refractivity contribution in [3.63, 3.8) is 0 Å². The molecule has 3 rings (SSSR count). The van der Waals surface area contributed by atoms with Gasteiger partial charge in [-0.15, -0.1) is 0 Å². The molecule has 0 saturated carbocycles. The number of halogens is 1. The highest BCUT2D eigenvalue weighted by Gasteiger charge is 2.20. The van der Waals surface area contributed by atoms with Gasteiger partial charge in [0, 0.05) is 12.4 Å². The summed E-state index contributed by atoms with van der Waals surface area (Å²) in [5, 5.41) is 3.43. The summed E-state index contributed by atoms with van der Waals surface area (Å²) in [4.78, 5) is 21.6. The molecule has 118 valence electrons. The van der Waals surface area contributed by atoms with E-state index in [-0.39, 0.29) is 5.91 Å². The van der Waals surface area contributed by atoms with Crippen LogP contribution in [0, 0.1) is 6.92 Å². The van der Waals surface area contributed by atoms with Crippen molar-refractivity contribution in [2.24, 2.45) is 0 Å². The Morgan fingerprint density at radius 2 is 2.17 bits per heavy atom. The van der Waals surface area contributed by atoms with Crippen molar-refractivity contribution < 1.29 is 4.79 Å². The Bertz CT molecular complexity index is 872. The second kappa shape index (κ2) is 6.38. The Balaban J connectivity index is 2.06. The molecule has 0 atom stereocenters. The summed E-state index contributed by atoms with van der Waals surface area (Å²) in [6.45, 7) is 3.96. The molecule has 1 N–H and O–H groups in total. The van der Waals surface area contributed by atoms with Crippen molar-refractivity contribution in [3.05, 3.63) is 58.6 Å². The van der Waals surface area contributed by atoms with Gasteiger partial charge in [0.05, 0.1) is 10.7 Å². The zero-order valence-corrected chi connectivity index (χ0v) is 13.8. The molecule has 0 fully saturated rings. The maximum absolute atomic E-state index is 12.8. The monoisotopic (exact) mass is 328 g/mol. The fraction of sp³-hybridized carbons (Fsp3) is 0.235. The Kier molecular flexibility index (Phi) is 4.30. The Labute approximate surface area is 139 Å². The number of nitrogens with one attached hydrogen (secondary N) is 1. The molecule has 0 aliphatic carbocycles. The third-order valence-corrected chi connectivity index (χ3v) is 3.82.